The van der Waals surface area contributed by atoms with Crippen molar-refractivity contribution in [1.29, 1.82) is 0 Å². The molecule has 0 bridgehead atoms. The van der Waals surface area contributed by atoms with E-state index < -0.39 is 4.92 Å². The van der Waals surface area contributed by atoms with Crippen LogP contribution in [-0.2, 0) is 0 Å². The molecule has 9 heteroatoms. The van der Waals surface area contributed by atoms with Crippen LogP contribution in [0.4, 0.5) is 5.69 Å². The molecule has 1 aromatic heterocycles. The molecule has 108 valence electrons. The SMILES string of the molecule is Cc1ccc([N+](=O)[O-])cc1Oc1cnc(C(N)=NO)cn1. The molecule has 9 nitrogen and oxygen atoms in total. The van der Waals surface area contributed by atoms with E-state index >= 15 is 0 Å². The first-order valence-electron chi connectivity index (χ1n) is 5.74. The standard InChI is InChI=1S/C12H11N5O4/c1-7-2-3-8(17(19)20)4-10(7)21-11-6-14-9(5-15-11)12(13)16-18/h2-6,18H,1H3,(H2,13,16). The Kier molecular flexibility index (Phi) is 3.93. The van der Waals surface area contributed by atoms with Crippen molar-refractivity contribution in [3.05, 3.63) is 52.0 Å². The fourth-order valence-electron chi connectivity index (χ4n) is 1.48. The summed E-state index contributed by atoms with van der Waals surface area (Å²) in [6.07, 6.45) is 2.53. The van der Waals surface area contributed by atoms with Crippen LogP contribution in [0.25, 0.3) is 0 Å². The number of non-ortho nitro benzene ring substituents is 1. The van der Waals surface area contributed by atoms with Crippen molar-refractivity contribution >= 4 is 11.5 Å². The summed E-state index contributed by atoms with van der Waals surface area (Å²) in [5, 5.41) is 22.0. The third kappa shape index (κ3) is 3.21. The summed E-state index contributed by atoms with van der Waals surface area (Å²) in [5.41, 5.74) is 6.16. The van der Waals surface area contributed by atoms with Gasteiger partial charge in [-0.1, -0.05) is 5.16 Å². The van der Waals surface area contributed by atoms with Crippen molar-refractivity contribution in [1.82, 2.24) is 9.97 Å². The van der Waals surface area contributed by atoms with Crippen molar-refractivity contribution in [3.63, 3.8) is 0 Å². The number of nitrogens with two attached hydrogens (primary N) is 1. The Morgan fingerprint density at radius 1 is 1.43 bits per heavy atom. The number of nitro groups is 1. The monoisotopic (exact) mass is 289 g/mol. The van der Waals surface area contributed by atoms with Crippen molar-refractivity contribution in [2.24, 2.45) is 10.9 Å². The molecule has 0 fully saturated rings. The molecule has 0 aliphatic rings. The van der Waals surface area contributed by atoms with Gasteiger partial charge in [0, 0.05) is 6.07 Å². The molecule has 2 rings (SSSR count). The third-order valence-corrected chi connectivity index (χ3v) is 2.60. The van der Waals surface area contributed by atoms with E-state index in [0.29, 0.717) is 11.3 Å². The lowest BCUT2D eigenvalue weighted by Gasteiger charge is -2.07. The molecule has 0 saturated carbocycles. The minimum absolute atomic E-state index is 0.0863. The molecule has 0 aliphatic carbocycles. The van der Waals surface area contributed by atoms with E-state index in [1.807, 2.05) is 0 Å². The summed E-state index contributed by atoms with van der Waals surface area (Å²) in [5.74, 6) is 0.253. The highest BCUT2D eigenvalue weighted by Crippen LogP contribution is 2.27. The van der Waals surface area contributed by atoms with Crippen LogP contribution in [-0.4, -0.2) is 25.9 Å². The smallest absolute Gasteiger partial charge is 0.273 e. The normalized spacial score (nSPS) is 11.2. The van der Waals surface area contributed by atoms with Crippen LogP contribution in [0.3, 0.4) is 0 Å². The molecule has 1 heterocycles. The molecule has 2 aromatic rings. The number of amidine groups is 1. The lowest BCUT2D eigenvalue weighted by atomic mass is 10.2. The molecule has 1 aromatic carbocycles. The molecule has 3 N–H and O–H groups in total. The zero-order valence-corrected chi connectivity index (χ0v) is 10.9. The van der Waals surface area contributed by atoms with E-state index in [9.17, 15) is 10.1 Å². The summed E-state index contributed by atoms with van der Waals surface area (Å²) < 4.78 is 5.45. The number of hydrogen-bond donors (Lipinski definition) is 2. The minimum Gasteiger partial charge on any atom is -0.437 e. The van der Waals surface area contributed by atoms with Crippen LogP contribution in [0, 0.1) is 17.0 Å². The number of ether oxygens (including phenoxy) is 1. The topological polar surface area (TPSA) is 137 Å². The van der Waals surface area contributed by atoms with Crippen molar-refractivity contribution in [2.45, 2.75) is 6.92 Å². The Bertz CT molecular complexity index is 699. The number of hydrogen-bond acceptors (Lipinski definition) is 7. The highest BCUT2D eigenvalue weighted by Gasteiger charge is 2.11. The molecule has 0 atom stereocenters. The molecule has 0 spiro atoms. The van der Waals surface area contributed by atoms with Gasteiger partial charge < -0.3 is 15.7 Å². The molecule has 0 amide bonds. The van der Waals surface area contributed by atoms with Crippen molar-refractivity contribution < 1.29 is 14.9 Å². The average Bonchev–Trinajstić information content (AvgIpc) is 2.49. The second-order valence-corrected chi connectivity index (χ2v) is 4.03. The average molecular weight is 289 g/mol. The number of oxime groups is 1. The number of nitro benzene ring substituents is 1. The van der Waals surface area contributed by atoms with Crippen molar-refractivity contribution in [2.75, 3.05) is 0 Å². The largest absolute Gasteiger partial charge is 0.437 e. The predicted molar refractivity (Wildman–Crippen MR) is 72.5 cm³/mol. The maximum absolute atomic E-state index is 10.7. The highest BCUT2D eigenvalue weighted by molar-refractivity contribution is 5.94. The first-order valence-corrected chi connectivity index (χ1v) is 5.74. The Morgan fingerprint density at radius 2 is 2.19 bits per heavy atom. The molecule has 0 aliphatic heterocycles. The first kappa shape index (κ1) is 14.2. The van der Waals surface area contributed by atoms with E-state index in [2.05, 4.69) is 15.1 Å². The van der Waals surface area contributed by atoms with Gasteiger partial charge in [0.1, 0.15) is 11.4 Å². The summed E-state index contributed by atoms with van der Waals surface area (Å²) >= 11 is 0. The molecular weight excluding hydrogens is 278 g/mol. The van der Waals surface area contributed by atoms with Gasteiger partial charge in [-0.05, 0) is 18.6 Å². The molecular formula is C12H11N5O4. The minimum atomic E-state index is -0.514. The van der Waals surface area contributed by atoms with Crippen LogP contribution in [0.5, 0.6) is 11.6 Å². The van der Waals surface area contributed by atoms with Crippen LogP contribution in [0.1, 0.15) is 11.3 Å². The van der Waals surface area contributed by atoms with E-state index in [1.54, 1.807) is 13.0 Å². The van der Waals surface area contributed by atoms with Gasteiger partial charge in [-0.2, -0.15) is 0 Å². The second kappa shape index (κ2) is 5.82. The summed E-state index contributed by atoms with van der Waals surface area (Å²) in [6.45, 7) is 1.75. The van der Waals surface area contributed by atoms with Crippen LogP contribution < -0.4 is 10.5 Å². The number of aryl methyl sites for hydroxylation is 1. The van der Waals surface area contributed by atoms with Gasteiger partial charge in [0.2, 0.25) is 5.88 Å². The van der Waals surface area contributed by atoms with Crippen LogP contribution >= 0.6 is 0 Å². The Balaban J connectivity index is 2.26. The quantitative estimate of drug-likeness (QED) is 0.286. The zero-order valence-electron chi connectivity index (χ0n) is 10.9. The first-order chi connectivity index (χ1) is 10.0. The van der Waals surface area contributed by atoms with Gasteiger partial charge in [-0.25, -0.2) is 9.97 Å². The van der Waals surface area contributed by atoms with E-state index in [0.717, 1.165) is 0 Å². The number of nitrogens with zero attached hydrogens (tertiary/aromatic N) is 4. The molecule has 0 unspecified atom stereocenters. The van der Waals surface area contributed by atoms with Gasteiger partial charge in [0.25, 0.3) is 5.69 Å². The summed E-state index contributed by atoms with van der Waals surface area (Å²) in [7, 11) is 0. The predicted octanol–water partition coefficient (Wildman–Crippen LogP) is 1.58. The Morgan fingerprint density at radius 3 is 2.76 bits per heavy atom. The van der Waals surface area contributed by atoms with Gasteiger partial charge in [-0.3, -0.25) is 10.1 Å². The summed E-state index contributed by atoms with van der Waals surface area (Å²) in [4.78, 5) is 18.1. The second-order valence-electron chi connectivity index (χ2n) is 4.03. The highest BCUT2D eigenvalue weighted by atomic mass is 16.6. The van der Waals surface area contributed by atoms with E-state index in [1.165, 1.54) is 24.5 Å². The van der Waals surface area contributed by atoms with Crippen LogP contribution in [0.2, 0.25) is 0 Å². The fraction of sp³-hybridized carbons (Fsp3) is 0.0833. The lowest BCUT2D eigenvalue weighted by Crippen LogP contribution is -2.15. The molecule has 0 saturated heterocycles. The summed E-state index contributed by atoms with van der Waals surface area (Å²) in [6, 6.07) is 4.26. The zero-order chi connectivity index (χ0) is 15.4. The van der Waals surface area contributed by atoms with Crippen molar-refractivity contribution in [3.8, 4) is 11.6 Å². The lowest BCUT2D eigenvalue weighted by molar-refractivity contribution is -0.384. The fourth-order valence-corrected chi connectivity index (χ4v) is 1.48. The number of benzene rings is 1. The molecule has 21 heavy (non-hydrogen) atoms. The van der Waals surface area contributed by atoms with E-state index in [-0.39, 0.29) is 23.1 Å². The van der Waals surface area contributed by atoms with E-state index in [4.69, 9.17) is 15.7 Å². The van der Waals surface area contributed by atoms with Crippen LogP contribution in [0.15, 0.2) is 35.7 Å². The van der Waals surface area contributed by atoms with Gasteiger partial charge in [0.05, 0.1) is 23.4 Å². The van der Waals surface area contributed by atoms with Gasteiger partial charge in [0.15, 0.2) is 5.84 Å². The maximum Gasteiger partial charge on any atom is 0.273 e. The number of rotatable bonds is 4. The molecule has 0 radical (unpaired) electrons. The van der Waals surface area contributed by atoms with Gasteiger partial charge in [-0.15, -0.1) is 0 Å². The van der Waals surface area contributed by atoms with Gasteiger partial charge >= 0.3 is 0 Å². The third-order valence-electron chi connectivity index (χ3n) is 2.60. The Hall–Kier alpha value is -3.23. The number of aromatic nitrogens is 2. The Labute approximate surface area is 118 Å². The maximum atomic E-state index is 10.7.